The Labute approximate surface area is 123 Å². The molecule has 0 radical (unpaired) electrons. The van der Waals surface area contributed by atoms with E-state index in [9.17, 15) is 4.79 Å². The largest absolute Gasteiger partial charge is 0.495 e. The van der Waals surface area contributed by atoms with Gasteiger partial charge in [-0.3, -0.25) is 4.68 Å². The van der Waals surface area contributed by atoms with Crippen LogP contribution in [0.3, 0.4) is 0 Å². The first-order valence-electron chi connectivity index (χ1n) is 6.75. The molecule has 1 heterocycles. The molecule has 0 aliphatic heterocycles. The van der Waals surface area contributed by atoms with Crippen LogP contribution in [0.25, 0.3) is 0 Å². The van der Waals surface area contributed by atoms with Crippen LogP contribution in [0.15, 0.2) is 30.6 Å². The van der Waals surface area contributed by atoms with Crippen LogP contribution in [-0.2, 0) is 6.54 Å². The number of carboxylic acid groups (broad SMARTS) is 1. The van der Waals surface area contributed by atoms with Crippen molar-refractivity contribution in [2.75, 3.05) is 12.4 Å². The van der Waals surface area contributed by atoms with Crippen LogP contribution in [0.2, 0.25) is 0 Å². The Bertz CT molecular complexity index is 637. The Morgan fingerprint density at radius 2 is 2.29 bits per heavy atom. The summed E-state index contributed by atoms with van der Waals surface area (Å²) in [5, 5.41) is 16.6. The van der Waals surface area contributed by atoms with Gasteiger partial charge in [0.15, 0.2) is 0 Å². The standard InChI is InChI=1S/C15H19N3O3/c1-4-18-9-12(8-16-18)10(2)17-13-7-11(15(19)20)5-6-14(13)21-3/h5-10,17H,4H2,1-3H3,(H,19,20). The van der Waals surface area contributed by atoms with Crippen LogP contribution in [0.5, 0.6) is 5.75 Å². The number of methoxy groups -OCH3 is 1. The van der Waals surface area contributed by atoms with Crippen molar-refractivity contribution >= 4 is 11.7 Å². The summed E-state index contributed by atoms with van der Waals surface area (Å²) in [7, 11) is 1.56. The van der Waals surface area contributed by atoms with Crippen molar-refractivity contribution < 1.29 is 14.6 Å². The van der Waals surface area contributed by atoms with E-state index in [0.29, 0.717) is 11.4 Å². The first kappa shape index (κ1) is 14.9. The zero-order chi connectivity index (χ0) is 15.4. The van der Waals surface area contributed by atoms with Gasteiger partial charge in [-0.15, -0.1) is 0 Å². The van der Waals surface area contributed by atoms with E-state index in [2.05, 4.69) is 10.4 Å². The number of hydrogen-bond acceptors (Lipinski definition) is 4. The number of anilines is 1. The summed E-state index contributed by atoms with van der Waals surface area (Å²) in [6.07, 6.45) is 3.76. The molecule has 0 saturated heterocycles. The fourth-order valence-electron chi connectivity index (χ4n) is 2.05. The molecule has 112 valence electrons. The monoisotopic (exact) mass is 289 g/mol. The molecular formula is C15H19N3O3. The van der Waals surface area contributed by atoms with Crippen LogP contribution in [0.1, 0.15) is 35.8 Å². The molecule has 1 unspecified atom stereocenters. The fraction of sp³-hybridized carbons (Fsp3) is 0.333. The lowest BCUT2D eigenvalue weighted by Crippen LogP contribution is -2.08. The lowest BCUT2D eigenvalue weighted by molar-refractivity contribution is 0.0697. The molecule has 0 spiro atoms. The molecule has 1 atom stereocenters. The Morgan fingerprint density at radius 3 is 2.86 bits per heavy atom. The topological polar surface area (TPSA) is 76.4 Å². The molecule has 0 aliphatic carbocycles. The smallest absolute Gasteiger partial charge is 0.335 e. The molecule has 2 aromatic rings. The SMILES string of the molecule is CCn1cc(C(C)Nc2cc(C(=O)O)ccc2OC)cn1. The lowest BCUT2D eigenvalue weighted by Gasteiger charge is -2.17. The van der Waals surface area contributed by atoms with Gasteiger partial charge in [0.2, 0.25) is 0 Å². The third kappa shape index (κ3) is 3.34. The Morgan fingerprint density at radius 1 is 1.52 bits per heavy atom. The predicted octanol–water partition coefficient (Wildman–Crippen LogP) is 2.78. The van der Waals surface area contributed by atoms with Gasteiger partial charge >= 0.3 is 5.97 Å². The molecule has 21 heavy (non-hydrogen) atoms. The number of carbonyl (C=O) groups is 1. The van der Waals surface area contributed by atoms with Gasteiger partial charge in [-0.1, -0.05) is 0 Å². The first-order valence-corrected chi connectivity index (χ1v) is 6.75. The van der Waals surface area contributed by atoms with Gasteiger partial charge in [0.1, 0.15) is 5.75 Å². The van der Waals surface area contributed by atoms with E-state index in [1.54, 1.807) is 25.4 Å². The average molecular weight is 289 g/mol. The molecule has 6 nitrogen and oxygen atoms in total. The summed E-state index contributed by atoms with van der Waals surface area (Å²) in [5.74, 6) is -0.359. The maximum absolute atomic E-state index is 11.1. The Hall–Kier alpha value is -2.50. The quantitative estimate of drug-likeness (QED) is 0.855. The van der Waals surface area contributed by atoms with Gasteiger partial charge in [0.05, 0.1) is 30.6 Å². The van der Waals surface area contributed by atoms with Crippen molar-refractivity contribution in [1.29, 1.82) is 0 Å². The average Bonchev–Trinajstić information content (AvgIpc) is 2.96. The molecule has 1 aromatic carbocycles. The zero-order valence-electron chi connectivity index (χ0n) is 12.3. The van der Waals surface area contributed by atoms with Gasteiger partial charge < -0.3 is 15.2 Å². The van der Waals surface area contributed by atoms with Crippen LogP contribution < -0.4 is 10.1 Å². The van der Waals surface area contributed by atoms with Gasteiger partial charge in [0.25, 0.3) is 0 Å². The highest BCUT2D eigenvalue weighted by Gasteiger charge is 2.13. The molecule has 0 saturated carbocycles. The molecule has 6 heteroatoms. The normalized spacial score (nSPS) is 12.0. The van der Waals surface area contributed by atoms with Crippen molar-refractivity contribution in [2.24, 2.45) is 0 Å². The van der Waals surface area contributed by atoms with Gasteiger partial charge in [0, 0.05) is 18.3 Å². The number of rotatable bonds is 6. The zero-order valence-corrected chi connectivity index (χ0v) is 12.3. The minimum Gasteiger partial charge on any atom is -0.495 e. The summed E-state index contributed by atoms with van der Waals surface area (Å²) < 4.78 is 7.11. The number of nitrogens with one attached hydrogen (secondary N) is 1. The van der Waals surface area contributed by atoms with Crippen LogP contribution >= 0.6 is 0 Å². The van der Waals surface area contributed by atoms with Gasteiger partial charge in [-0.2, -0.15) is 5.10 Å². The molecule has 1 aromatic heterocycles. The molecule has 0 fully saturated rings. The molecule has 0 amide bonds. The molecule has 0 aliphatic rings. The number of benzene rings is 1. The molecular weight excluding hydrogens is 270 g/mol. The summed E-state index contributed by atoms with van der Waals surface area (Å²) in [5.41, 5.74) is 1.89. The van der Waals surface area contributed by atoms with Gasteiger partial charge in [-0.05, 0) is 32.0 Å². The number of ether oxygens (including phenoxy) is 1. The second kappa shape index (κ2) is 6.30. The molecule has 2 N–H and O–H groups in total. The fourth-order valence-corrected chi connectivity index (χ4v) is 2.05. The van der Waals surface area contributed by atoms with E-state index in [-0.39, 0.29) is 11.6 Å². The Balaban J connectivity index is 2.24. The van der Waals surface area contributed by atoms with Crippen molar-refractivity contribution in [3.63, 3.8) is 0 Å². The van der Waals surface area contributed by atoms with E-state index < -0.39 is 5.97 Å². The van der Waals surface area contributed by atoms with E-state index >= 15 is 0 Å². The highest BCUT2D eigenvalue weighted by atomic mass is 16.5. The number of aromatic carboxylic acids is 1. The van der Waals surface area contributed by atoms with Crippen LogP contribution in [-0.4, -0.2) is 28.0 Å². The lowest BCUT2D eigenvalue weighted by atomic mass is 10.1. The third-order valence-corrected chi connectivity index (χ3v) is 3.30. The highest BCUT2D eigenvalue weighted by molar-refractivity contribution is 5.89. The van der Waals surface area contributed by atoms with E-state index in [1.807, 2.05) is 24.7 Å². The number of nitrogens with zero attached hydrogens (tertiary/aromatic N) is 2. The predicted molar refractivity (Wildman–Crippen MR) is 79.9 cm³/mol. The van der Waals surface area contributed by atoms with Crippen molar-refractivity contribution in [3.05, 3.63) is 41.7 Å². The highest BCUT2D eigenvalue weighted by Crippen LogP contribution is 2.29. The third-order valence-electron chi connectivity index (χ3n) is 3.30. The van der Waals surface area contributed by atoms with Crippen LogP contribution in [0, 0.1) is 0 Å². The van der Waals surface area contributed by atoms with Crippen molar-refractivity contribution in [1.82, 2.24) is 9.78 Å². The summed E-state index contributed by atoms with van der Waals surface area (Å²) in [6, 6.07) is 4.73. The second-order valence-corrected chi connectivity index (χ2v) is 4.72. The number of carboxylic acids is 1. The number of aryl methyl sites for hydroxylation is 1. The number of aromatic nitrogens is 2. The summed E-state index contributed by atoms with van der Waals surface area (Å²) >= 11 is 0. The molecule has 0 bridgehead atoms. The van der Waals surface area contributed by atoms with Crippen LogP contribution in [0.4, 0.5) is 5.69 Å². The van der Waals surface area contributed by atoms with E-state index in [4.69, 9.17) is 9.84 Å². The maximum Gasteiger partial charge on any atom is 0.335 e. The molecule has 2 rings (SSSR count). The van der Waals surface area contributed by atoms with E-state index in [0.717, 1.165) is 12.1 Å². The Kier molecular flexibility index (Phi) is 4.47. The number of hydrogen-bond donors (Lipinski definition) is 2. The first-order chi connectivity index (χ1) is 10.0. The summed E-state index contributed by atoms with van der Waals surface area (Å²) in [4.78, 5) is 11.1. The van der Waals surface area contributed by atoms with Gasteiger partial charge in [-0.25, -0.2) is 4.79 Å². The summed E-state index contributed by atoms with van der Waals surface area (Å²) in [6.45, 7) is 4.82. The van der Waals surface area contributed by atoms with Crippen molar-refractivity contribution in [2.45, 2.75) is 26.4 Å². The van der Waals surface area contributed by atoms with E-state index in [1.165, 1.54) is 6.07 Å². The minimum absolute atomic E-state index is 0.0109. The second-order valence-electron chi connectivity index (χ2n) is 4.72. The minimum atomic E-state index is -0.966. The maximum atomic E-state index is 11.1. The van der Waals surface area contributed by atoms with Crippen molar-refractivity contribution in [3.8, 4) is 5.75 Å².